The van der Waals surface area contributed by atoms with Crippen LogP contribution < -0.4 is 0 Å². The molecular weight excluding hydrogens is 418 g/mol. The van der Waals surface area contributed by atoms with Crippen molar-refractivity contribution in [2.24, 2.45) is 0 Å². The Balaban J connectivity index is 2.21. The highest BCUT2D eigenvalue weighted by molar-refractivity contribution is 6.84. The summed E-state index contributed by atoms with van der Waals surface area (Å²) in [5.74, 6) is -0.450. The predicted octanol–water partition coefficient (Wildman–Crippen LogP) is 4.56. The average Bonchev–Trinajstić information content (AvgIpc) is 2.98. The summed E-state index contributed by atoms with van der Waals surface area (Å²) < 4.78 is 22.7. The Labute approximate surface area is 184 Å². The van der Waals surface area contributed by atoms with Crippen LogP contribution in [0.3, 0.4) is 0 Å². The highest BCUT2D eigenvalue weighted by atomic mass is 28.4. The van der Waals surface area contributed by atoms with Crippen LogP contribution in [0.25, 0.3) is 0 Å². The lowest BCUT2D eigenvalue weighted by Gasteiger charge is -2.34. The van der Waals surface area contributed by atoms with E-state index in [4.69, 9.17) is 18.3 Å². The summed E-state index contributed by atoms with van der Waals surface area (Å²) >= 11 is 0. The van der Waals surface area contributed by atoms with Crippen LogP contribution in [-0.2, 0) is 23.1 Å². The molecule has 0 aromatic heterocycles. The molecule has 0 saturated carbocycles. The zero-order valence-corrected chi connectivity index (χ0v) is 21.8. The van der Waals surface area contributed by atoms with Gasteiger partial charge in [-0.15, -0.1) is 0 Å². The number of ether oxygens (including phenoxy) is 3. The van der Waals surface area contributed by atoms with Crippen LogP contribution in [0.4, 0.5) is 4.79 Å². The van der Waals surface area contributed by atoms with Crippen LogP contribution in [0.2, 0.25) is 38.3 Å². The fraction of sp³-hybridized carbons (Fsp3) is 0.810. The fourth-order valence-electron chi connectivity index (χ4n) is 3.48. The molecule has 1 aliphatic rings. The molecule has 1 fully saturated rings. The van der Waals surface area contributed by atoms with Crippen molar-refractivity contribution in [2.75, 3.05) is 32.9 Å². The first-order valence-corrected chi connectivity index (χ1v) is 17.2. The van der Waals surface area contributed by atoms with E-state index in [1.165, 1.54) is 23.8 Å². The Hall–Kier alpha value is -1.17. The normalized spacial score (nSPS) is 17.2. The summed E-state index contributed by atoms with van der Waals surface area (Å²) in [5, 5.41) is 0. The Morgan fingerprint density at radius 2 is 1.80 bits per heavy atom. The van der Waals surface area contributed by atoms with Crippen molar-refractivity contribution in [3.8, 4) is 0 Å². The van der Waals surface area contributed by atoms with Crippen molar-refractivity contribution in [1.29, 1.82) is 0 Å². The third kappa shape index (κ3) is 10.7. The van der Waals surface area contributed by atoms with E-state index in [-0.39, 0.29) is 12.7 Å². The van der Waals surface area contributed by atoms with Crippen LogP contribution in [0.1, 0.15) is 33.1 Å². The summed E-state index contributed by atoms with van der Waals surface area (Å²) in [7, 11) is -3.25. The Morgan fingerprint density at radius 1 is 1.17 bits per heavy atom. The highest BCUT2D eigenvalue weighted by Gasteiger charge is 2.33. The third-order valence-corrected chi connectivity index (χ3v) is 12.5. The molecule has 7 nitrogen and oxygen atoms in total. The second-order valence-electron chi connectivity index (χ2n) is 9.27. The van der Waals surface area contributed by atoms with E-state index in [1.807, 2.05) is 0 Å². The van der Waals surface area contributed by atoms with Crippen LogP contribution >= 0.6 is 0 Å². The molecule has 1 aliphatic heterocycles. The van der Waals surface area contributed by atoms with Crippen molar-refractivity contribution >= 4 is 28.7 Å². The zero-order chi connectivity index (χ0) is 22.8. The van der Waals surface area contributed by atoms with Gasteiger partial charge in [0.1, 0.15) is 12.7 Å². The molecule has 1 saturated heterocycles. The van der Waals surface area contributed by atoms with Gasteiger partial charge in [-0.2, -0.15) is 0 Å². The van der Waals surface area contributed by atoms with Crippen molar-refractivity contribution in [3.63, 3.8) is 0 Å². The number of esters is 1. The summed E-state index contributed by atoms with van der Waals surface area (Å²) in [5.41, 5.74) is 0.341. The molecule has 0 radical (unpaired) electrons. The largest absolute Gasteiger partial charge is 0.460 e. The summed E-state index contributed by atoms with van der Waals surface area (Å²) in [6, 6.07) is 2.30. The summed E-state index contributed by atoms with van der Waals surface area (Å²) in [6.07, 6.45) is 2.75. The zero-order valence-electron chi connectivity index (χ0n) is 19.8. The molecule has 1 rings (SSSR count). The molecular formula is C21H41NO6Si2. The first kappa shape index (κ1) is 26.9. The third-order valence-electron chi connectivity index (χ3n) is 4.95. The van der Waals surface area contributed by atoms with Gasteiger partial charge in [0.15, 0.2) is 16.6 Å². The quantitative estimate of drug-likeness (QED) is 0.155. The molecule has 174 valence electrons. The van der Waals surface area contributed by atoms with Gasteiger partial charge in [-0.05, 0) is 51.6 Å². The Morgan fingerprint density at radius 3 is 2.40 bits per heavy atom. The van der Waals surface area contributed by atoms with E-state index >= 15 is 0 Å². The molecule has 0 aromatic carbocycles. The van der Waals surface area contributed by atoms with Gasteiger partial charge in [-0.25, -0.2) is 9.59 Å². The number of cyclic esters (lactones) is 1. The Bertz CT molecular complexity index is 582. The SMILES string of the molecule is C=C(C)C(=O)OCCN1CC(COCCC[Si](C)(C)O[Si](C)(C)CCCC)OC1=O. The maximum Gasteiger partial charge on any atom is 0.410 e. The standard InChI is InChI=1S/C21H41NO6Si2/c1-8-9-14-29(4,5)28-30(6,7)15-10-12-25-17-19-16-22(21(24)27-19)11-13-26-20(23)18(2)3/h19H,2,8-17H2,1,3-7H3. The topological polar surface area (TPSA) is 74.3 Å². The van der Waals surface area contributed by atoms with Crippen molar-refractivity contribution in [2.45, 2.75) is 77.5 Å². The molecule has 1 unspecified atom stereocenters. The van der Waals surface area contributed by atoms with E-state index < -0.39 is 28.7 Å². The van der Waals surface area contributed by atoms with Gasteiger partial charge in [0, 0.05) is 12.2 Å². The van der Waals surface area contributed by atoms with Crippen LogP contribution in [0, 0.1) is 0 Å². The minimum atomic E-state index is -1.68. The number of hydrogen-bond donors (Lipinski definition) is 0. The van der Waals surface area contributed by atoms with Gasteiger partial charge in [-0.1, -0.05) is 26.3 Å². The van der Waals surface area contributed by atoms with Gasteiger partial charge in [0.2, 0.25) is 0 Å². The number of unbranched alkanes of at least 4 members (excludes halogenated alkanes) is 1. The monoisotopic (exact) mass is 459 g/mol. The lowest BCUT2D eigenvalue weighted by Crippen LogP contribution is -2.44. The molecule has 0 spiro atoms. The lowest BCUT2D eigenvalue weighted by molar-refractivity contribution is -0.139. The molecule has 1 atom stereocenters. The minimum absolute atomic E-state index is 0.131. The molecule has 0 aromatic rings. The molecule has 9 heteroatoms. The molecule has 0 aliphatic carbocycles. The van der Waals surface area contributed by atoms with Crippen LogP contribution in [-0.4, -0.2) is 72.6 Å². The lowest BCUT2D eigenvalue weighted by atomic mass is 10.3. The van der Waals surface area contributed by atoms with E-state index in [1.54, 1.807) is 6.92 Å². The van der Waals surface area contributed by atoms with E-state index in [0.29, 0.717) is 31.9 Å². The average molecular weight is 460 g/mol. The summed E-state index contributed by atoms with van der Waals surface area (Å²) in [4.78, 5) is 24.8. The molecule has 0 N–H and O–H groups in total. The predicted molar refractivity (Wildman–Crippen MR) is 124 cm³/mol. The van der Waals surface area contributed by atoms with E-state index in [9.17, 15) is 9.59 Å². The second kappa shape index (κ2) is 12.6. The maximum absolute atomic E-state index is 11.9. The Kier molecular flexibility index (Phi) is 11.3. The fourth-order valence-corrected chi connectivity index (χ4v) is 12.5. The number of hydrogen-bond acceptors (Lipinski definition) is 6. The van der Waals surface area contributed by atoms with Gasteiger partial charge in [0.05, 0.1) is 19.7 Å². The van der Waals surface area contributed by atoms with E-state index in [0.717, 1.165) is 12.5 Å². The second-order valence-corrected chi connectivity index (χ2v) is 18.1. The number of amides is 1. The van der Waals surface area contributed by atoms with Crippen LogP contribution in [0.5, 0.6) is 0 Å². The van der Waals surface area contributed by atoms with Gasteiger partial charge in [0.25, 0.3) is 0 Å². The smallest absolute Gasteiger partial charge is 0.410 e. The van der Waals surface area contributed by atoms with Gasteiger partial charge < -0.3 is 23.2 Å². The first-order chi connectivity index (χ1) is 14.0. The van der Waals surface area contributed by atoms with Crippen molar-refractivity contribution < 1.29 is 27.9 Å². The number of nitrogens with zero attached hydrogens (tertiary/aromatic N) is 1. The van der Waals surface area contributed by atoms with E-state index in [2.05, 4.69) is 39.7 Å². The van der Waals surface area contributed by atoms with Gasteiger partial charge in [-0.3, -0.25) is 0 Å². The molecule has 1 amide bonds. The molecule has 1 heterocycles. The van der Waals surface area contributed by atoms with Crippen molar-refractivity contribution in [3.05, 3.63) is 12.2 Å². The first-order valence-electron chi connectivity index (χ1n) is 11.0. The number of carbonyl (C=O) groups is 2. The number of rotatable bonds is 15. The maximum atomic E-state index is 11.9. The highest BCUT2D eigenvalue weighted by Crippen LogP contribution is 2.24. The van der Waals surface area contributed by atoms with Crippen molar-refractivity contribution in [1.82, 2.24) is 4.90 Å². The van der Waals surface area contributed by atoms with Gasteiger partial charge >= 0.3 is 12.1 Å². The summed E-state index contributed by atoms with van der Waals surface area (Å²) in [6.45, 7) is 18.5. The molecule has 30 heavy (non-hydrogen) atoms. The molecule has 0 bridgehead atoms. The van der Waals surface area contributed by atoms with Crippen LogP contribution in [0.15, 0.2) is 12.2 Å². The number of carbonyl (C=O) groups excluding carboxylic acids is 2. The minimum Gasteiger partial charge on any atom is -0.460 e.